The van der Waals surface area contributed by atoms with Crippen LogP contribution in [0.25, 0.3) is 0 Å². The summed E-state index contributed by atoms with van der Waals surface area (Å²) in [7, 11) is 0. The van der Waals surface area contributed by atoms with Crippen LogP contribution in [-0.4, -0.2) is 16.5 Å². The van der Waals surface area contributed by atoms with Gasteiger partial charge in [0.15, 0.2) is 0 Å². The van der Waals surface area contributed by atoms with Crippen LogP contribution in [0.3, 0.4) is 0 Å². The number of hydrogen-bond acceptors (Lipinski definition) is 4. The average Bonchev–Trinajstić information content (AvgIpc) is 2.42. The van der Waals surface area contributed by atoms with Crippen molar-refractivity contribution in [3.8, 4) is 11.6 Å². The van der Waals surface area contributed by atoms with Crippen molar-refractivity contribution in [3.05, 3.63) is 39.5 Å². The molecule has 112 valence electrons. The van der Waals surface area contributed by atoms with Crippen molar-refractivity contribution in [3.63, 3.8) is 0 Å². The molecule has 0 fully saturated rings. The van der Waals surface area contributed by atoms with E-state index in [-0.39, 0.29) is 0 Å². The lowest BCUT2D eigenvalue weighted by Crippen LogP contribution is -2.05. The van der Waals surface area contributed by atoms with E-state index in [0.29, 0.717) is 11.8 Å². The summed E-state index contributed by atoms with van der Waals surface area (Å²) in [5, 5.41) is 3.18. The van der Waals surface area contributed by atoms with Crippen LogP contribution in [-0.2, 0) is 0 Å². The maximum atomic E-state index is 5.88. The van der Waals surface area contributed by atoms with E-state index in [1.807, 2.05) is 39.0 Å². The second-order valence-corrected chi connectivity index (χ2v) is 5.86. The van der Waals surface area contributed by atoms with E-state index in [1.165, 1.54) is 0 Å². The summed E-state index contributed by atoms with van der Waals surface area (Å²) in [6, 6.07) is 5.82. The topological polar surface area (TPSA) is 47.0 Å². The van der Waals surface area contributed by atoms with E-state index in [1.54, 1.807) is 0 Å². The van der Waals surface area contributed by atoms with Gasteiger partial charge < -0.3 is 10.1 Å². The van der Waals surface area contributed by atoms with E-state index in [4.69, 9.17) is 4.74 Å². The van der Waals surface area contributed by atoms with Crippen LogP contribution in [0.15, 0.2) is 22.7 Å². The normalized spacial score (nSPS) is 10.5. The first-order valence-corrected chi connectivity index (χ1v) is 7.83. The first-order valence-electron chi connectivity index (χ1n) is 7.03. The van der Waals surface area contributed by atoms with E-state index in [2.05, 4.69) is 38.1 Å². The fourth-order valence-electron chi connectivity index (χ4n) is 1.99. The first kappa shape index (κ1) is 15.8. The summed E-state index contributed by atoms with van der Waals surface area (Å²) < 4.78 is 6.99. The van der Waals surface area contributed by atoms with Crippen molar-refractivity contribution in [1.29, 1.82) is 0 Å². The molecule has 0 aliphatic heterocycles. The number of halogens is 1. The molecule has 0 unspecified atom stereocenters. The number of benzene rings is 1. The van der Waals surface area contributed by atoms with E-state index < -0.39 is 0 Å². The van der Waals surface area contributed by atoms with Crippen molar-refractivity contribution in [2.24, 2.45) is 0 Å². The first-order chi connectivity index (χ1) is 9.99. The van der Waals surface area contributed by atoms with Crippen molar-refractivity contribution < 1.29 is 4.74 Å². The molecule has 21 heavy (non-hydrogen) atoms. The lowest BCUT2D eigenvalue weighted by Gasteiger charge is -2.11. The fraction of sp³-hybridized carbons (Fsp3) is 0.375. The zero-order valence-electron chi connectivity index (χ0n) is 12.8. The monoisotopic (exact) mass is 349 g/mol. The Balaban J connectivity index is 2.24. The summed E-state index contributed by atoms with van der Waals surface area (Å²) >= 11 is 3.56. The molecule has 1 N–H and O–H groups in total. The Labute approximate surface area is 134 Å². The second-order valence-electron chi connectivity index (χ2n) is 5.07. The van der Waals surface area contributed by atoms with Crippen molar-refractivity contribution in [1.82, 2.24) is 9.97 Å². The Morgan fingerprint density at radius 3 is 2.38 bits per heavy atom. The highest BCUT2D eigenvalue weighted by atomic mass is 79.9. The number of rotatable bonds is 5. The third-order valence-electron chi connectivity index (χ3n) is 3.00. The molecule has 5 heteroatoms. The number of aromatic nitrogens is 2. The molecule has 1 aromatic carbocycles. The van der Waals surface area contributed by atoms with Crippen LogP contribution in [0.4, 0.5) is 5.95 Å². The van der Waals surface area contributed by atoms with Gasteiger partial charge in [-0.2, -0.15) is 4.98 Å². The highest BCUT2D eigenvalue weighted by molar-refractivity contribution is 9.10. The molecule has 2 aromatic rings. The fourth-order valence-corrected chi connectivity index (χ4v) is 2.22. The highest BCUT2D eigenvalue weighted by Gasteiger charge is 2.07. The summed E-state index contributed by atoms with van der Waals surface area (Å²) in [6.07, 6.45) is 1.03. The molecular formula is C16H20BrN3O. The molecule has 1 heterocycles. The minimum absolute atomic E-state index is 0.558. The van der Waals surface area contributed by atoms with Gasteiger partial charge in [0.1, 0.15) is 5.75 Å². The Bertz CT molecular complexity index is 620. The Morgan fingerprint density at radius 2 is 1.76 bits per heavy atom. The van der Waals surface area contributed by atoms with Crippen LogP contribution in [0.1, 0.15) is 30.2 Å². The third-order valence-corrected chi connectivity index (χ3v) is 4.25. The van der Waals surface area contributed by atoms with Gasteiger partial charge in [0.2, 0.25) is 11.8 Å². The van der Waals surface area contributed by atoms with Crippen LogP contribution < -0.4 is 10.1 Å². The van der Waals surface area contributed by atoms with Crippen molar-refractivity contribution in [2.45, 2.75) is 34.1 Å². The number of nitrogens with one attached hydrogen (secondary N) is 1. The summed E-state index contributed by atoms with van der Waals surface area (Å²) in [4.78, 5) is 8.74. The minimum atomic E-state index is 0.558. The average molecular weight is 350 g/mol. The molecule has 0 bridgehead atoms. The van der Waals surface area contributed by atoms with Gasteiger partial charge >= 0.3 is 0 Å². The minimum Gasteiger partial charge on any atom is -0.439 e. The van der Waals surface area contributed by atoms with Gasteiger partial charge in [-0.05, 0) is 50.5 Å². The van der Waals surface area contributed by atoms with Crippen LogP contribution in [0.5, 0.6) is 11.6 Å². The number of anilines is 1. The predicted molar refractivity (Wildman–Crippen MR) is 89.2 cm³/mol. The number of ether oxygens (including phenoxy) is 1. The lowest BCUT2D eigenvalue weighted by atomic mass is 10.1. The van der Waals surface area contributed by atoms with E-state index >= 15 is 0 Å². The van der Waals surface area contributed by atoms with E-state index in [9.17, 15) is 0 Å². The number of aryl methyl sites for hydroxylation is 3. The molecule has 0 atom stereocenters. The molecule has 0 saturated carbocycles. The van der Waals surface area contributed by atoms with Crippen LogP contribution in [0, 0.1) is 20.8 Å². The summed E-state index contributed by atoms with van der Waals surface area (Å²) in [5.74, 6) is 1.95. The SMILES string of the molecule is CCCNc1nc(C)cc(Oc2cc(C)c(Br)c(C)c2)n1. The van der Waals surface area contributed by atoms with Gasteiger partial charge in [0, 0.05) is 22.8 Å². The molecule has 0 spiro atoms. The van der Waals surface area contributed by atoms with Crippen LogP contribution >= 0.6 is 15.9 Å². The van der Waals surface area contributed by atoms with Gasteiger partial charge in [-0.15, -0.1) is 0 Å². The van der Waals surface area contributed by atoms with Gasteiger partial charge in [0.25, 0.3) is 0 Å². The molecule has 0 aliphatic carbocycles. The van der Waals surface area contributed by atoms with Gasteiger partial charge in [0.05, 0.1) is 0 Å². The quantitative estimate of drug-likeness (QED) is 0.843. The maximum Gasteiger partial charge on any atom is 0.226 e. The lowest BCUT2D eigenvalue weighted by molar-refractivity contribution is 0.460. The standard InChI is InChI=1S/C16H20BrN3O/c1-5-6-18-16-19-12(4)9-14(20-16)21-13-7-10(2)15(17)11(3)8-13/h7-9H,5-6H2,1-4H3,(H,18,19,20). The third kappa shape index (κ3) is 4.17. The van der Waals surface area contributed by atoms with Crippen molar-refractivity contribution >= 4 is 21.9 Å². The molecular weight excluding hydrogens is 330 g/mol. The summed E-state index contributed by atoms with van der Waals surface area (Å²) in [6.45, 7) is 8.98. The molecule has 4 nitrogen and oxygen atoms in total. The van der Waals surface area contributed by atoms with Crippen molar-refractivity contribution in [2.75, 3.05) is 11.9 Å². The zero-order valence-corrected chi connectivity index (χ0v) is 14.4. The molecule has 0 radical (unpaired) electrons. The zero-order chi connectivity index (χ0) is 15.4. The molecule has 2 rings (SSSR count). The highest BCUT2D eigenvalue weighted by Crippen LogP contribution is 2.29. The summed E-state index contributed by atoms with van der Waals surface area (Å²) in [5.41, 5.74) is 3.16. The molecule has 0 saturated heterocycles. The molecule has 1 aromatic heterocycles. The van der Waals surface area contributed by atoms with Gasteiger partial charge in [-0.3, -0.25) is 0 Å². The predicted octanol–water partition coefficient (Wildman–Crippen LogP) is 4.78. The van der Waals surface area contributed by atoms with Gasteiger partial charge in [-0.25, -0.2) is 4.98 Å². The molecule has 0 aliphatic rings. The number of nitrogens with zero attached hydrogens (tertiary/aromatic N) is 2. The Hall–Kier alpha value is -1.62. The Kier molecular flexibility index (Phi) is 5.17. The maximum absolute atomic E-state index is 5.88. The van der Waals surface area contributed by atoms with Crippen LogP contribution in [0.2, 0.25) is 0 Å². The van der Waals surface area contributed by atoms with E-state index in [0.717, 1.165) is 40.0 Å². The Morgan fingerprint density at radius 1 is 1.10 bits per heavy atom. The number of hydrogen-bond donors (Lipinski definition) is 1. The van der Waals surface area contributed by atoms with Gasteiger partial charge in [-0.1, -0.05) is 22.9 Å². The second kappa shape index (κ2) is 6.89. The molecule has 0 amide bonds. The largest absolute Gasteiger partial charge is 0.439 e. The smallest absolute Gasteiger partial charge is 0.226 e.